The molecular weight excluding hydrogens is 242 g/mol. The van der Waals surface area contributed by atoms with Gasteiger partial charge in [-0.1, -0.05) is 0 Å². The van der Waals surface area contributed by atoms with E-state index in [1.807, 2.05) is 4.90 Å². The van der Waals surface area contributed by atoms with Crippen molar-refractivity contribution in [1.29, 1.82) is 0 Å². The quantitative estimate of drug-likeness (QED) is 0.785. The normalized spacial score (nSPS) is 36.7. The molecule has 1 amide bonds. The van der Waals surface area contributed by atoms with Crippen molar-refractivity contribution in [2.75, 3.05) is 20.2 Å². The second-order valence-corrected chi connectivity index (χ2v) is 6.53. The van der Waals surface area contributed by atoms with Crippen molar-refractivity contribution in [3.63, 3.8) is 0 Å². The molecule has 3 rings (SSSR count). The molecule has 2 saturated heterocycles. The van der Waals surface area contributed by atoms with Crippen LogP contribution in [-0.4, -0.2) is 48.8 Å². The number of methoxy groups -OCH3 is 1. The van der Waals surface area contributed by atoms with Crippen LogP contribution in [0.15, 0.2) is 0 Å². The number of nitrogens with zero attached hydrogens (tertiary/aromatic N) is 1. The standard InChI is InChI=1S/C15H25NO3/c1-11-8-12-10-16(7-4-13(12)19-11)14(17)9-15(18-2)5-3-6-15/h11-13H,3-10H2,1-2H3/t11-,12-,13-/m0/s1. The van der Waals surface area contributed by atoms with E-state index in [0.29, 0.717) is 24.5 Å². The van der Waals surface area contributed by atoms with E-state index >= 15 is 0 Å². The first-order valence-electron chi connectivity index (χ1n) is 7.60. The summed E-state index contributed by atoms with van der Waals surface area (Å²) >= 11 is 0. The van der Waals surface area contributed by atoms with E-state index in [4.69, 9.17) is 9.47 Å². The molecular formula is C15H25NO3. The van der Waals surface area contributed by atoms with Crippen LogP contribution in [0, 0.1) is 5.92 Å². The third-order valence-electron chi connectivity index (χ3n) is 5.23. The Bertz CT molecular complexity index is 348. The highest BCUT2D eigenvalue weighted by atomic mass is 16.5. The maximum atomic E-state index is 12.4. The fourth-order valence-corrected chi connectivity index (χ4v) is 3.83. The Kier molecular flexibility index (Phi) is 3.56. The van der Waals surface area contributed by atoms with Crippen LogP contribution in [0.1, 0.15) is 45.4 Å². The summed E-state index contributed by atoms with van der Waals surface area (Å²) < 4.78 is 11.5. The number of rotatable bonds is 3. The molecule has 0 radical (unpaired) electrons. The van der Waals surface area contributed by atoms with Crippen LogP contribution in [0.25, 0.3) is 0 Å². The van der Waals surface area contributed by atoms with Gasteiger partial charge in [0, 0.05) is 26.1 Å². The highest BCUT2D eigenvalue weighted by Crippen LogP contribution is 2.39. The molecule has 4 heteroatoms. The average Bonchev–Trinajstić information content (AvgIpc) is 2.72. The fourth-order valence-electron chi connectivity index (χ4n) is 3.83. The lowest BCUT2D eigenvalue weighted by molar-refractivity contribution is -0.147. The molecule has 0 bridgehead atoms. The topological polar surface area (TPSA) is 38.8 Å². The Morgan fingerprint density at radius 1 is 1.47 bits per heavy atom. The number of ether oxygens (including phenoxy) is 2. The highest BCUT2D eigenvalue weighted by molar-refractivity contribution is 5.77. The minimum Gasteiger partial charge on any atom is -0.378 e. The molecule has 1 aliphatic carbocycles. The van der Waals surface area contributed by atoms with Gasteiger partial charge < -0.3 is 14.4 Å². The second-order valence-electron chi connectivity index (χ2n) is 6.53. The predicted octanol–water partition coefficient (Wildman–Crippen LogP) is 1.97. The van der Waals surface area contributed by atoms with Gasteiger partial charge in [-0.05, 0) is 39.0 Å². The molecule has 19 heavy (non-hydrogen) atoms. The van der Waals surface area contributed by atoms with Crippen LogP contribution >= 0.6 is 0 Å². The van der Waals surface area contributed by atoms with Crippen molar-refractivity contribution in [2.24, 2.45) is 5.92 Å². The Labute approximate surface area is 115 Å². The van der Waals surface area contributed by atoms with Crippen molar-refractivity contribution < 1.29 is 14.3 Å². The number of fused-ring (bicyclic) bond motifs is 1. The van der Waals surface area contributed by atoms with Crippen molar-refractivity contribution in [3.8, 4) is 0 Å². The van der Waals surface area contributed by atoms with Crippen molar-refractivity contribution in [2.45, 2.75) is 63.3 Å². The fraction of sp³-hybridized carbons (Fsp3) is 0.933. The molecule has 0 spiro atoms. The maximum absolute atomic E-state index is 12.4. The van der Waals surface area contributed by atoms with Crippen molar-refractivity contribution >= 4 is 5.91 Å². The maximum Gasteiger partial charge on any atom is 0.225 e. The Morgan fingerprint density at radius 2 is 2.26 bits per heavy atom. The molecule has 0 aromatic heterocycles. The van der Waals surface area contributed by atoms with E-state index in [9.17, 15) is 4.79 Å². The number of hydrogen-bond donors (Lipinski definition) is 0. The lowest BCUT2D eigenvalue weighted by atomic mass is 9.77. The van der Waals surface area contributed by atoms with E-state index < -0.39 is 0 Å². The van der Waals surface area contributed by atoms with Crippen molar-refractivity contribution in [3.05, 3.63) is 0 Å². The zero-order valence-electron chi connectivity index (χ0n) is 12.1. The third-order valence-corrected chi connectivity index (χ3v) is 5.23. The number of piperidine rings is 1. The summed E-state index contributed by atoms with van der Waals surface area (Å²) in [6.07, 6.45) is 6.69. The number of amides is 1. The molecule has 0 unspecified atom stereocenters. The van der Waals surface area contributed by atoms with Gasteiger partial charge in [0.15, 0.2) is 0 Å². The summed E-state index contributed by atoms with van der Waals surface area (Å²) in [6.45, 7) is 3.87. The molecule has 2 aliphatic heterocycles. The zero-order valence-corrected chi connectivity index (χ0v) is 12.1. The first-order valence-corrected chi connectivity index (χ1v) is 7.60. The van der Waals surface area contributed by atoms with E-state index in [1.54, 1.807) is 7.11 Å². The Morgan fingerprint density at radius 3 is 2.89 bits per heavy atom. The number of carbonyl (C=O) groups excluding carboxylic acids is 1. The Balaban J connectivity index is 1.56. The molecule has 3 aliphatic rings. The van der Waals surface area contributed by atoms with Gasteiger partial charge in [0.25, 0.3) is 0 Å². The van der Waals surface area contributed by atoms with E-state index in [-0.39, 0.29) is 11.5 Å². The zero-order chi connectivity index (χ0) is 13.5. The van der Waals surface area contributed by atoms with Gasteiger partial charge >= 0.3 is 0 Å². The summed E-state index contributed by atoms with van der Waals surface area (Å²) in [5, 5.41) is 0. The second kappa shape index (κ2) is 5.06. The third kappa shape index (κ3) is 2.52. The molecule has 108 valence electrons. The summed E-state index contributed by atoms with van der Waals surface area (Å²) in [6, 6.07) is 0. The monoisotopic (exact) mass is 267 g/mol. The summed E-state index contributed by atoms with van der Waals surface area (Å²) in [5.74, 6) is 0.826. The van der Waals surface area contributed by atoms with Gasteiger partial charge in [0.1, 0.15) is 0 Å². The van der Waals surface area contributed by atoms with Gasteiger partial charge in [0.05, 0.1) is 24.2 Å². The smallest absolute Gasteiger partial charge is 0.225 e. The predicted molar refractivity (Wildman–Crippen MR) is 71.8 cm³/mol. The first-order chi connectivity index (χ1) is 9.12. The first kappa shape index (κ1) is 13.4. The minimum atomic E-state index is -0.145. The van der Waals surface area contributed by atoms with Crippen molar-refractivity contribution in [1.82, 2.24) is 4.90 Å². The highest BCUT2D eigenvalue weighted by Gasteiger charge is 2.43. The van der Waals surface area contributed by atoms with Crippen LogP contribution in [0.3, 0.4) is 0 Å². The average molecular weight is 267 g/mol. The molecule has 3 fully saturated rings. The SMILES string of the molecule is COC1(CC(=O)N2CC[C@@H]3O[C@@H](C)C[C@H]3C2)CCC1. The number of likely N-dealkylation sites (tertiary alicyclic amines) is 1. The lowest BCUT2D eigenvalue weighted by Crippen LogP contribution is -2.49. The van der Waals surface area contributed by atoms with Gasteiger partial charge in [-0.3, -0.25) is 4.79 Å². The molecule has 4 nitrogen and oxygen atoms in total. The molecule has 1 saturated carbocycles. The van der Waals surface area contributed by atoms with Crippen LogP contribution in [0.4, 0.5) is 0 Å². The van der Waals surface area contributed by atoms with Crippen LogP contribution in [0.2, 0.25) is 0 Å². The van der Waals surface area contributed by atoms with Crippen LogP contribution < -0.4 is 0 Å². The number of carbonyl (C=O) groups is 1. The molecule has 2 heterocycles. The van der Waals surface area contributed by atoms with Gasteiger partial charge in [0.2, 0.25) is 5.91 Å². The summed E-state index contributed by atoms with van der Waals surface area (Å²) in [7, 11) is 1.74. The van der Waals surface area contributed by atoms with E-state index in [2.05, 4.69) is 6.92 Å². The van der Waals surface area contributed by atoms with Gasteiger partial charge in [-0.2, -0.15) is 0 Å². The molecule has 3 atom stereocenters. The van der Waals surface area contributed by atoms with Crippen LogP contribution in [-0.2, 0) is 14.3 Å². The summed E-state index contributed by atoms with van der Waals surface area (Å²) in [4.78, 5) is 14.5. The molecule has 0 N–H and O–H groups in total. The lowest BCUT2D eigenvalue weighted by Gasteiger charge is -2.42. The van der Waals surface area contributed by atoms with E-state index in [0.717, 1.165) is 38.8 Å². The molecule has 0 aromatic carbocycles. The van der Waals surface area contributed by atoms with Gasteiger partial charge in [-0.25, -0.2) is 0 Å². The van der Waals surface area contributed by atoms with Crippen LogP contribution in [0.5, 0.6) is 0 Å². The van der Waals surface area contributed by atoms with E-state index in [1.165, 1.54) is 6.42 Å². The largest absolute Gasteiger partial charge is 0.378 e. The molecule has 0 aromatic rings. The summed E-state index contributed by atoms with van der Waals surface area (Å²) in [5.41, 5.74) is -0.145. The van der Waals surface area contributed by atoms with Gasteiger partial charge in [-0.15, -0.1) is 0 Å². The Hall–Kier alpha value is -0.610. The number of hydrogen-bond acceptors (Lipinski definition) is 3. The minimum absolute atomic E-state index is 0.145.